The fourth-order valence-corrected chi connectivity index (χ4v) is 0.972. The molecular formula is C9H17NO3. The van der Waals surface area contributed by atoms with Gasteiger partial charge in [-0.15, -0.1) is 0 Å². The molecule has 0 spiro atoms. The van der Waals surface area contributed by atoms with E-state index in [1.807, 2.05) is 0 Å². The molecule has 0 aliphatic rings. The van der Waals surface area contributed by atoms with Crippen LogP contribution in [0.3, 0.4) is 0 Å². The van der Waals surface area contributed by atoms with Crippen molar-refractivity contribution in [3.05, 3.63) is 0 Å². The van der Waals surface area contributed by atoms with Gasteiger partial charge in [0, 0.05) is 12.8 Å². The van der Waals surface area contributed by atoms with Crippen molar-refractivity contribution >= 4 is 11.8 Å². The summed E-state index contributed by atoms with van der Waals surface area (Å²) in [4.78, 5) is 21.4. The van der Waals surface area contributed by atoms with Gasteiger partial charge in [-0.3, -0.25) is 9.59 Å². The van der Waals surface area contributed by atoms with E-state index >= 15 is 0 Å². The predicted molar refractivity (Wildman–Crippen MR) is 49.2 cm³/mol. The summed E-state index contributed by atoms with van der Waals surface area (Å²) in [5.74, 6) is -0.108. The Morgan fingerprint density at radius 1 is 1.15 bits per heavy atom. The van der Waals surface area contributed by atoms with Gasteiger partial charge in [-0.2, -0.15) is 0 Å². The van der Waals surface area contributed by atoms with E-state index in [-0.39, 0.29) is 18.3 Å². The van der Waals surface area contributed by atoms with Crippen molar-refractivity contribution in [2.24, 2.45) is 5.73 Å². The number of hydrogen-bond acceptors (Lipinski definition) is 4. The standard InChI is InChI=1S/C9H17NO3/c1-13-9(12)6-4-2-3-5-8(11)7-10/h2-7,10H2,1H3. The number of Topliss-reactive ketones (excluding diaryl/α,β-unsaturated/α-hetero) is 1. The number of hydrogen-bond donors (Lipinski definition) is 1. The highest BCUT2D eigenvalue weighted by Crippen LogP contribution is 2.03. The van der Waals surface area contributed by atoms with Gasteiger partial charge in [0.25, 0.3) is 0 Å². The maximum Gasteiger partial charge on any atom is 0.305 e. The SMILES string of the molecule is COC(=O)CCCCCC(=O)CN. The molecule has 0 heterocycles. The van der Waals surface area contributed by atoms with E-state index in [2.05, 4.69) is 4.74 Å². The zero-order valence-corrected chi connectivity index (χ0v) is 8.04. The van der Waals surface area contributed by atoms with Crippen LogP contribution in [0.1, 0.15) is 32.1 Å². The molecule has 0 aliphatic carbocycles. The summed E-state index contributed by atoms with van der Waals surface area (Å²) >= 11 is 0. The van der Waals surface area contributed by atoms with Crippen molar-refractivity contribution in [3.63, 3.8) is 0 Å². The molecule has 4 nitrogen and oxygen atoms in total. The number of methoxy groups -OCH3 is 1. The van der Waals surface area contributed by atoms with Gasteiger partial charge in [0.05, 0.1) is 13.7 Å². The first-order valence-corrected chi connectivity index (χ1v) is 4.49. The van der Waals surface area contributed by atoms with Crippen molar-refractivity contribution < 1.29 is 14.3 Å². The lowest BCUT2D eigenvalue weighted by Crippen LogP contribution is -2.12. The third-order valence-electron chi connectivity index (χ3n) is 1.79. The molecule has 0 aromatic heterocycles. The Labute approximate surface area is 78.4 Å². The van der Waals surface area contributed by atoms with Crippen LogP contribution >= 0.6 is 0 Å². The average molecular weight is 187 g/mol. The number of esters is 1. The Morgan fingerprint density at radius 2 is 1.77 bits per heavy atom. The van der Waals surface area contributed by atoms with Crippen LogP contribution in [-0.4, -0.2) is 25.4 Å². The van der Waals surface area contributed by atoms with Crippen LogP contribution in [0.5, 0.6) is 0 Å². The number of ether oxygens (including phenoxy) is 1. The summed E-state index contributed by atoms with van der Waals surface area (Å²) in [6.07, 6.45) is 3.43. The predicted octanol–water partition coefficient (Wildman–Crippen LogP) is 0.638. The second kappa shape index (κ2) is 7.73. The first-order valence-electron chi connectivity index (χ1n) is 4.49. The highest BCUT2D eigenvalue weighted by Gasteiger charge is 2.01. The summed E-state index contributed by atoms with van der Waals surface area (Å²) in [7, 11) is 1.38. The smallest absolute Gasteiger partial charge is 0.305 e. The van der Waals surface area contributed by atoms with Crippen LogP contribution in [0.25, 0.3) is 0 Å². The summed E-state index contributed by atoms with van der Waals surface area (Å²) in [6.45, 7) is 0.122. The maximum absolute atomic E-state index is 10.7. The molecule has 0 unspecified atom stereocenters. The molecule has 4 heteroatoms. The number of unbranched alkanes of at least 4 members (excludes halogenated alkanes) is 2. The van der Waals surface area contributed by atoms with E-state index in [1.165, 1.54) is 7.11 Å². The summed E-state index contributed by atoms with van der Waals surface area (Å²) in [5.41, 5.74) is 5.13. The fraction of sp³-hybridized carbons (Fsp3) is 0.778. The second-order valence-electron chi connectivity index (χ2n) is 2.88. The topological polar surface area (TPSA) is 69.4 Å². The van der Waals surface area contributed by atoms with Crippen molar-refractivity contribution in [3.8, 4) is 0 Å². The minimum Gasteiger partial charge on any atom is -0.469 e. The number of carbonyl (C=O) groups is 2. The monoisotopic (exact) mass is 187 g/mol. The molecule has 0 aliphatic heterocycles. The molecule has 0 fully saturated rings. The van der Waals surface area contributed by atoms with Crippen LogP contribution in [-0.2, 0) is 14.3 Å². The fourth-order valence-electron chi connectivity index (χ4n) is 0.972. The van der Waals surface area contributed by atoms with Gasteiger partial charge in [-0.25, -0.2) is 0 Å². The zero-order valence-electron chi connectivity index (χ0n) is 8.04. The van der Waals surface area contributed by atoms with E-state index in [4.69, 9.17) is 5.73 Å². The minimum absolute atomic E-state index is 0.0815. The molecule has 0 atom stereocenters. The molecule has 0 saturated carbocycles. The van der Waals surface area contributed by atoms with E-state index in [0.29, 0.717) is 12.8 Å². The molecule has 0 radical (unpaired) electrons. The molecule has 0 amide bonds. The normalized spacial score (nSPS) is 9.69. The van der Waals surface area contributed by atoms with Gasteiger partial charge < -0.3 is 10.5 Å². The summed E-state index contributed by atoms with van der Waals surface area (Å²) in [6, 6.07) is 0. The van der Waals surface area contributed by atoms with Crippen LogP contribution in [0.15, 0.2) is 0 Å². The quantitative estimate of drug-likeness (QED) is 0.469. The molecule has 76 valence electrons. The molecule has 0 rings (SSSR count). The molecule has 0 bridgehead atoms. The largest absolute Gasteiger partial charge is 0.469 e. The Morgan fingerprint density at radius 3 is 2.31 bits per heavy atom. The Balaban J connectivity index is 3.17. The van der Waals surface area contributed by atoms with Gasteiger partial charge in [0.15, 0.2) is 0 Å². The number of nitrogens with two attached hydrogens (primary N) is 1. The Hall–Kier alpha value is -0.900. The molecule has 0 aromatic carbocycles. The van der Waals surface area contributed by atoms with Crippen LogP contribution in [0.2, 0.25) is 0 Å². The van der Waals surface area contributed by atoms with E-state index < -0.39 is 0 Å². The molecule has 2 N–H and O–H groups in total. The maximum atomic E-state index is 10.7. The number of ketones is 1. The van der Waals surface area contributed by atoms with E-state index in [9.17, 15) is 9.59 Å². The van der Waals surface area contributed by atoms with Crippen molar-refractivity contribution in [1.29, 1.82) is 0 Å². The minimum atomic E-state index is -0.190. The lowest BCUT2D eigenvalue weighted by atomic mass is 10.1. The number of carbonyl (C=O) groups excluding carboxylic acids is 2. The van der Waals surface area contributed by atoms with Crippen LogP contribution < -0.4 is 5.73 Å². The van der Waals surface area contributed by atoms with Crippen molar-refractivity contribution in [2.75, 3.05) is 13.7 Å². The molecular weight excluding hydrogens is 170 g/mol. The lowest BCUT2D eigenvalue weighted by Gasteiger charge is -1.99. The van der Waals surface area contributed by atoms with E-state index in [1.54, 1.807) is 0 Å². The Bertz CT molecular complexity index is 150. The van der Waals surface area contributed by atoms with Crippen molar-refractivity contribution in [1.82, 2.24) is 0 Å². The first kappa shape index (κ1) is 12.1. The van der Waals surface area contributed by atoms with Crippen molar-refractivity contribution in [2.45, 2.75) is 32.1 Å². The van der Waals surface area contributed by atoms with Gasteiger partial charge in [0.2, 0.25) is 0 Å². The Kier molecular flexibility index (Phi) is 7.20. The molecule has 13 heavy (non-hydrogen) atoms. The third kappa shape index (κ3) is 7.46. The van der Waals surface area contributed by atoms with Gasteiger partial charge in [-0.1, -0.05) is 6.42 Å². The first-order chi connectivity index (χ1) is 6.20. The highest BCUT2D eigenvalue weighted by atomic mass is 16.5. The molecule has 0 aromatic rings. The van der Waals surface area contributed by atoms with Crippen LogP contribution in [0, 0.1) is 0 Å². The van der Waals surface area contributed by atoms with E-state index in [0.717, 1.165) is 19.3 Å². The average Bonchev–Trinajstić information content (AvgIpc) is 2.16. The van der Waals surface area contributed by atoms with Crippen LogP contribution in [0.4, 0.5) is 0 Å². The van der Waals surface area contributed by atoms with Gasteiger partial charge in [0.1, 0.15) is 5.78 Å². The third-order valence-corrected chi connectivity index (χ3v) is 1.79. The number of rotatable bonds is 7. The van der Waals surface area contributed by atoms with Gasteiger partial charge in [-0.05, 0) is 12.8 Å². The lowest BCUT2D eigenvalue weighted by molar-refractivity contribution is -0.140. The summed E-state index contributed by atoms with van der Waals surface area (Å²) in [5, 5.41) is 0. The second-order valence-corrected chi connectivity index (χ2v) is 2.88. The summed E-state index contributed by atoms with van der Waals surface area (Å²) < 4.78 is 4.47. The highest BCUT2D eigenvalue weighted by molar-refractivity contribution is 5.80. The molecule has 0 saturated heterocycles. The zero-order chi connectivity index (χ0) is 10.1. The van der Waals surface area contributed by atoms with Gasteiger partial charge >= 0.3 is 5.97 Å².